The average molecular weight is 969 g/mol. The molecular weight excluding hydrogens is 901 g/mol. The molecule has 0 fully saturated rings. The second-order valence-electron chi connectivity index (χ2n) is 17.5. The molecular formula is C49H68N12O9. The van der Waals surface area contributed by atoms with E-state index in [9.17, 15) is 43.8 Å². The van der Waals surface area contributed by atoms with Gasteiger partial charge in [0, 0.05) is 42.9 Å². The minimum atomic E-state index is -1.34. The van der Waals surface area contributed by atoms with Crippen molar-refractivity contribution < 1.29 is 43.8 Å². The minimum absolute atomic E-state index is 0.00159. The standard InChI is InChI=1S/C49H68N12O9/c1-5-27(3)41(61-44(66)35(50)11-9-21-54-49(52)53)47(69)56-26-40(64)60-42(28(4)6-2)48(70)59-39(24-31-25-55-36-12-8-7-10-34(31)36)46(68)58-38(23-30-15-19-33(63)20-16-30)45(67)57-37(43(51)65)22-29-13-17-32(62)18-14-29/h7-8,10,12-20,25,27-28,35,37-39,41-42,55,62-63H,5-6,9,11,21-24,26,50H2,1-4H3,(H2,51,65)(H,56,69)(H,57,67)(H,58,68)(H,59,70)(H,60,64)(H,61,66)(H4,52,53,54)/t27-,28-,35-,37-,38-,39-,41-,42-/m1/s1. The third kappa shape index (κ3) is 16.8. The van der Waals surface area contributed by atoms with Crippen molar-refractivity contribution >= 4 is 58.2 Å². The molecule has 4 aromatic rings. The van der Waals surface area contributed by atoms with Crippen molar-refractivity contribution in [2.45, 2.75) is 109 Å². The SMILES string of the molecule is CC[C@@H](C)[C@@H](NC(=O)CNC(=O)[C@H](NC(=O)[C@H](N)CCCN=C(N)N)[C@H](C)CC)C(=O)N[C@H](Cc1c[nH]c2ccccc12)C(=O)N[C@H](Cc1ccc(O)cc1)C(=O)N[C@H](Cc1ccc(O)cc1)C(N)=O. The van der Waals surface area contributed by atoms with Gasteiger partial charge in [-0.15, -0.1) is 0 Å². The zero-order valence-corrected chi connectivity index (χ0v) is 40.0. The second kappa shape index (κ2) is 26.8. The number of aliphatic imine (C=N–C) groups is 1. The number of amides is 7. The summed E-state index contributed by atoms with van der Waals surface area (Å²) < 4.78 is 0. The molecule has 0 spiro atoms. The van der Waals surface area contributed by atoms with E-state index in [1.165, 1.54) is 24.3 Å². The van der Waals surface area contributed by atoms with E-state index in [1.54, 1.807) is 44.3 Å². The molecule has 0 radical (unpaired) electrons. The van der Waals surface area contributed by atoms with E-state index in [1.807, 2.05) is 38.1 Å². The number of nitrogens with one attached hydrogen (secondary N) is 7. The highest BCUT2D eigenvalue weighted by Gasteiger charge is 2.34. The summed E-state index contributed by atoms with van der Waals surface area (Å²) in [5.41, 5.74) is 25.1. The molecule has 8 atom stereocenters. The molecule has 0 aliphatic rings. The van der Waals surface area contributed by atoms with E-state index < -0.39 is 90.1 Å². The van der Waals surface area contributed by atoms with Crippen LogP contribution in [0, 0.1) is 11.8 Å². The third-order valence-electron chi connectivity index (χ3n) is 12.1. The number of carbonyl (C=O) groups excluding carboxylic acids is 7. The Morgan fingerprint density at radius 3 is 1.70 bits per heavy atom. The number of hydrogen-bond acceptors (Lipinski definition) is 11. The van der Waals surface area contributed by atoms with Gasteiger partial charge in [-0.2, -0.15) is 0 Å². The molecule has 0 aliphatic carbocycles. The number of para-hydroxylation sites is 1. The van der Waals surface area contributed by atoms with Gasteiger partial charge >= 0.3 is 0 Å². The van der Waals surface area contributed by atoms with Gasteiger partial charge in [0.2, 0.25) is 41.4 Å². The molecule has 0 saturated carbocycles. The number of aromatic hydroxyl groups is 2. The predicted molar refractivity (Wildman–Crippen MR) is 264 cm³/mol. The van der Waals surface area contributed by atoms with Crippen LogP contribution in [0.3, 0.4) is 0 Å². The molecule has 3 aromatic carbocycles. The smallest absolute Gasteiger partial charge is 0.243 e. The average Bonchev–Trinajstić information content (AvgIpc) is 3.75. The molecule has 21 heteroatoms. The number of aromatic amines is 1. The highest BCUT2D eigenvalue weighted by Crippen LogP contribution is 2.21. The molecule has 0 aliphatic heterocycles. The monoisotopic (exact) mass is 969 g/mol. The Morgan fingerprint density at radius 2 is 1.14 bits per heavy atom. The number of phenols is 2. The molecule has 0 saturated heterocycles. The zero-order chi connectivity index (χ0) is 51.5. The van der Waals surface area contributed by atoms with Gasteiger partial charge in [0.15, 0.2) is 5.96 Å². The van der Waals surface area contributed by atoms with E-state index >= 15 is 0 Å². The Bertz CT molecular complexity index is 2440. The van der Waals surface area contributed by atoms with Crippen molar-refractivity contribution in [2.75, 3.05) is 13.1 Å². The number of nitrogens with two attached hydrogens (primary N) is 4. The molecule has 17 N–H and O–H groups in total. The molecule has 70 heavy (non-hydrogen) atoms. The van der Waals surface area contributed by atoms with E-state index in [0.29, 0.717) is 36.0 Å². The maximum absolute atomic E-state index is 14.6. The first-order valence-corrected chi connectivity index (χ1v) is 23.3. The van der Waals surface area contributed by atoms with E-state index in [0.717, 1.165) is 10.9 Å². The first-order valence-electron chi connectivity index (χ1n) is 23.3. The van der Waals surface area contributed by atoms with Crippen molar-refractivity contribution in [3.05, 3.63) is 95.7 Å². The number of aromatic nitrogens is 1. The third-order valence-corrected chi connectivity index (χ3v) is 12.1. The van der Waals surface area contributed by atoms with Crippen LogP contribution in [0.1, 0.15) is 70.1 Å². The first kappa shape index (κ1) is 54.9. The van der Waals surface area contributed by atoms with Crippen LogP contribution in [-0.4, -0.2) is 112 Å². The fourth-order valence-corrected chi connectivity index (χ4v) is 7.52. The van der Waals surface area contributed by atoms with Gasteiger partial charge < -0.3 is 70.0 Å². The van der Waals surface area contributed by atoms with E-state index in [2.05, 4.69) is 41.9 Å². The van der Waals surface area contributed by atoms with Gasteiger partial charge in [-0.25, -0.2) is 0 Å². The van der Waals surface area contributed by atoms with Crippen LogP contribution in [0.5, 0.6) is 11.5 Å². The van der Waals surface area contributed by atoms with Crippen molar-refractivity contribution in [3.63, 3.8) is 0 Å². The van der Waals surface area contributed by atoms with Gasteiger partial charge in [0.25, 0.3) is 0 Å². The summed E-state index contributed by atoms with van der Waals surface area (Å²) in [7, 11) is 0. The summed E-state index contributed by atoms with van der Waals surface area (Å²) in [6.07, 6.45) is 3.09. The quantitative estimate of drug-likeness (QED) is 0.0215. The number of nitrogens with zero attached hydrogens (tertiary/aromatic N) is 1. The van der Waals surface area contributed by atoms with Crippen molar-refractivity contribution in [3.8, 4) is 11.5 Å². The number of rotatable bonds is 27. The fraction of sp³-hybridized carbons (Fsp3) is 0.429. The highest BCUT2D eigenvalue weighted by molar-refractivity contribution is 5.97. The molecule has 0 bridgehead atoms. The fourth-order valence-electron chi connectivity index (χ4n) is 7.52. The summed E-state index contributed by atoms with van der Waals surface area (Å²) in [6, 6.07) is 12.2. The normalized spacial score (nSPS) is 14.5. The highest BCUT2D eigenvalue weighted by atomic mass is 16.3. The van der Waals surface area contributed by atoms with Crippen LogP contribution in [0.15, 0.2) is 84.0 Å². The summed E-state index contributed by atoms with van der Waals surface area (Å²) in [5.74, 6) is -6.00. The lowest BCUT2D eigenvalue weighted by molar-refractivity contribution is -0.135. The number of benzene rings is 3. The van der Waals surface area contributed by atoms with Crippen LogP contribution in [0.4, 0.5) is 0 Å². The van der Waals surface area contributed by atoms with Gasteiger partial charge in [-0.1, -0.05) is 83.0 Å². The number of fused-ring (bicyclic) bond motifs is 1. The predicted octanol–water partition coefficient (Wildman–Crippen LogP) is 0.106. The Morgan fingerprint density at radius 1 is 0.629 bits per heavy atom. The van der Waals surface area contributed by atoms with Crippen LogP contribution < -0.4 is 54.8 Å². The molecule has 1 aromatic heterocycles. The first-order chi connectivity index (χ1) is 33.3. The molecule has 4 rings (SSSR count). The summed E-state index contributed by atoms with van der Waals surface area (Å²) >= 11 is 0. The summed E-state index contributed by atoms with van der Waals surface area (Å²) in [5, 5.41) is 36.6. The van der Waals surface area contributed by atoms with Crippen molar-refractivity contribution in [1.29, 1.82) is 0 Å². The van der Waals surface area contributed by atoms with Gasteiger partial charge in [-0.3, -0.25) is 38.6 Å². The number of carbonyl (C=O) groups is 7. The minimum Gasteiger partial charge on any atom is -0.508 e. The number of guanidine groups is 1. The number of primary amides is 1. The number of hydrogen-bond donors (Lipinski definition) is 13. The molecule has 0 unspecified atom stereocenters. The van der Waals surface area contributed by atoms with Crippen molar-refractivity contribution in [2.24, 2.45) is 39.8 Å². The molecule has 7 amide bonds. The van der Waals surface area contributed by atoms with Crippen LogP contribution in [0.2, 0.25) is 0 Å². The molecule has 1 heterocycles. The Kier molecular flexibility index (Phi) is 21.0. The topological polar surface area (TPSA) is 364 Å². The second-order valence-corrected chi connectivity index (χ2v) is 17.5. The largest absolute Gasteiger partial charge is 0.508 e. The zero-order valence-electron chi connectivity index (χ0n) is 40.0. The molecule has 378 valence electrons. The molecule has 21 nitrogen and oxygen atoms in total. The van der Waals surface area contributed by atoms with Crippen LogP contribution in [0.25, 0.3) is 10.9 Å². The van der Waals surface area contributed by atoms with Gasteiger partial charge in [0.05, 0.1) is 12.6 Å². The lowest BCUT2D eigenvalue weighted by Crippen LogP contribution is -2.60. The Balaban J connectivity index is 1.56. The maximum atomic E-state index is 14.6. The Hall–Kier alpha value is -7.68. The summed E-state index contributed by atoms with van der Waals surface area (Å²) in [6.45, 7) is 6.86. The van der Waals surface area contributed by atoms with E-state index in [4.69, 9.17) is 22.9 Å². The Labute approximate surface area is 406 Å². The van der Waals surface area contributed by atoms with Gasteiger partial charge in [0.1, 0.15) is 41.7 Å². The maximum Gasteiger partial charge on any atom is 0.243 e. The van der Waals surface area contributed by atoms with E-state index in [-0.39, 0.29) is 55.6 Å². The lowest BCUT2D eigenvalue weighted by Gasteiger charge is -2.28. The summed E-state index contributed by atoms with van der Waals surface area (Å²) in [4.78, 5) is 103. The number of H-pyrrole nitrogens is 1. The van der Waals surface area contributed by atoms with Crippen LogP contribution >= 0.6 is 0 Å². The van der Waals surface area contributed by atoms with Crippen LogP contribution in [-0.2, 0) is 52.8 Å². The lowest BCUT2D eigenvalue weighted by atomic mass is 9.96. The number of phenolic OH excluding ortho intramolecular Hbond substituents is 2. The van der Waals surface area contributed by atoms with Crippen molar-refractivity contribution in [1.82, 2.24) is 36.9 Å². The van der Waals surface area contributed by atoms with Gasteiger partial charge in [-0.05, 0) is 71.7 Å².